The van der Waals surface area contributed by atoms with Gasteiger partial charge in [0.2, 0.25) is 5.95 Å². The number of anilines is 3. The monoisotopic (exact) mass is 353 g/mol. The van der Waals surface area contributed by atoms with Crippen LogP contribution in [0.4, 0.5) is 21.8 Å². The Balaban J connectivity index is 1.56. The van der Waals surface area contributed by atoms with Crippen molar-refractivity contribution >= 4 is 17.5 Å². The summed E-state index contributed by atoms with van der Waals surface area (Å²) in [5, 5.41) is 14.1. The van der Waals surface area contributed by atoms with Crippen molar-refractivity contribution in [1.29, 1.82) is 0 Å². The molecule has 0 spiro atoms. The van der Waals surface area contributed by atoms with E-state index in [1.807, 2.05) is 37.3 Å². The van der Waals surface area contributed by atoms with Crippen molar-refractivity contribution in [2.24, 2.45) is 0 Å². The van der Waals surface area contributed by atoms with Gasteiger partial charge in [-0.3, -0.25) is 0 Å². The molecule has 2 N–H and O–H groups in total. The third kappa shape index (κ3) is 4.89. The van der Waals surface area contributed by atoms with Gasteiger partial charge >= 0.3 is 0 Å². The second kappa shape index (κ2) is 8.75. The fraction of sp³-hybridized carbons (Fsp3) is 0.211. The lowest BCUT2D eigenvalue weighted by Crippen LogP contribution is -2.09. The molecule has 7 heteroatoms. The highest BCUT2D eigenvalue weighted by Gasteiger charge is 2.04. The molecule has 0 fully saturated rings. The number of rotatable bonds is 8. The average molecular weight is 353 g/mol. The van der Waals surface area contributed by atoms with Crippen LogP contribution in [-0.2, 0) is 6.42 Å². The standard InChI is InChI=1S/C19H20FN5O/c1-2-26-16-9-7-15(8-10-16)23-19-24-18(13-22-25-19)21-12-11-14-5-3-4-6-17(14)20/h3-10,13H,2,11-12H2,1H3,(H2,21,23,24,25). The lowest BCUT2D eigenvalue weighted by atomic mass is 10.1. The molecular weight excluding hydrogens is 333 g/mol. The number of nitrogens with zero attached hydrogens (tertiary/aromatic N) is 3. The Labute approximate surface area is 151 Å². The van der Waals surface area contributed by atoms with Crippen molar-refractivity contribution in [2.75, 3.05) is 23.8 Å². The number of nitrogens with one attached hydrogen (secondary N) is 2. The number of benzene rings is 2. The number of hydrogen-bond acceptors (Lipinski definition) is 6. The number of halogens is 1. The molecule has 134 valence electrons. The van der Waals surface area contributed by atoms with Gasteiger partial charge in [-0.15, -0.1) is 5.10 Å². The summed E-state index contributed by atoms with van der Waals surface area (Å²) in [4.78, 5) is 4.36. The summed E-state index contributed by atoms with van der Waals surface area (Å²) in [5.74, 6) is 1.56. The van der Waals surface area contributed by atoms with Gasteiger partial charge < -0.3 is 15.4 Å². The fourth-order valence-electron chi connectivity index (χ4n) is 2.40. The van der Waals surface area contributed by atoms with E-state index in [0.29, 0.717) is 36.9 Å². The first-order valence-corrected chi connectivity index (χ1v) is 8.41. The van der Waals surface area contributed by atoms with E-state index in [1.165, 1.54) is 12.3 Å². The topological polar surface area (TPSA) is 72.0 Å². The van der Waals surface area contributed by atoms with Crippen molar-refractivity contribution < 1.29 is 9.13 Å². The van der Waals surface area contributed by atoms with Crippen LogP contribution in [0.5, 0.6) is 5.75 Å². The summed E-state index contributed by atoms with van der Waals surface area (Å²) in [6.07, 6.45) is 2.09. The van der Waals surface area contributed by atoms with Gasteiger partial charge in [-0.05, 0) is 49.2 Å². The minimum absolute atomic E-state index is 0.201. The zero-order valence-electron chi connectivity index (χ0n) is 14.4. The van der Waals surface area contributed by atoms with Gasteiger partial charge in [-0.25, -0.2) is 4.39 Å². The third-order valence-corrected chi connectivity index (χ3v) is 3.64. The first kappa shape index (κ1) is 17.6. The Kier molecular flexibility index (Phi) is 5.92. The van der Waals surface area contributed by atoms with Crippen LogP contribution in [0.1, 0.15) is 12.5 Å². The van der Waals surface area contributed by atoms with E-state index in [1.54, 1.807) is 12.1 Å². The molecule has 0 atom stereocenters. The van der Waals surface area contributed by atoms with Crippen molar-refractivity contribution in [3.63, 3.8) is 0 Å². The fourth-order valence-corrected chi connectivity index (χ4v) is 2.40. The largest absolute Gasteiger partial charge is 0.494 e. The third-order valence-electron chi connectivity index (χ3n) is 3.64. The summed E-state index contributed by atoms with van der Waals surface area (Å²) in [7, 11) is 0. The van der Waals surface area contributed by atoms with Crippen LogP contribution in [0.3, 0.4) is 0 Å². The van der Waals surface area contributed by atoms with Crippen LogP contribution in [0, 0.1) is 5.82 Å². The van der Waals surface area contributed by atoms with Gasteiger partial charge in [0, 0.05) is 12.2 Å². The number of hydrogen-bond donors (Lipinski definition) is 2. The molecule has 0 aliphatic heterocycles. The molecule has 0 radical (unpaired) electrons. The van der Waals surface area contributed by atoms with Gasteiger partial charge in [0.05, 0.1) is 12.8 Å². The predicted molar refractivity (Wildman–Crippen MR) is 99.3 cm³/mol. The molecule has 0 unspecified atom stereocenters. The van der Waals surface area contributed by atoms with Crippen molar-refractivity contribution in [3.05, 3.63) is 66.1 Å². The minimum Gasteiger partial charge on any atom is -0.494 e. The molecule has 0 amide bonds. The summed E-state index contributed by atoms with van der Waals surface area (Å²) in [5.41, 5.74) is 1.49. The van der Waals surface area contributed by atoms with E-state index in [9.17, 15) is 4.39 Å². The van der Waals surface area contributed by atoms with Crippen LogP contribution >= 0.6 is 0 Å². The molecular formula is C19H20FN5O. The van der Waals surface area contributed by atoms with E-state index in [4.69, 9.17) is 4.74 Å². The second-order valence-electron chi connectivity index (χ2n) is 5.52. The highest BCUT2D eigenvalue weighted by atomic mass is 19.1. The van der Waals surface area contributed by atoms with Crippen LogP contribution in [0.25, 0.3) is 0 Å². The maximum absolute atomic E-state index is 13.6. The molecule has 0 aliphatic rings. The smallest absolute Gasteiger partial charge is 0.249 e. The molecule has 2 aromatic carbocycles. The van der Waals surface area contributed by atoms with Gasteiger partial charge in [0.25, 0.3) is 0 Å². The Morgan fingerprint density at radius 1 is 1.08 bits per heavy atom. The summed E-state index contributed by atoms with van der Waals surface area (Å²) >= 11 is 0. The quantitative estimate of drug-likeness (QED) is 0.642. The predicted octanol–water partition coefficient (Wildman–Crippen LogP) is 3.81. The van der Waals surface area contributed by atoms with E-state index in [2.05, 4.69) is 25.8 Å². The first-order valence-electron chi connectivity index (χ1n) is 8.41. The summed E-state index contributed by atoms with van der Waals surface area (Å²) in [6, 6.07) is 14.2. The zero-order valence-corrected chi connectivity index (χ0v) is 14.4. The molecule has 26 heavy (non-hydrogen) atoms. The van der Waals surface area contributed by atoms with Crippen molar-refractivity contribution in [3.8, 4) is 5.75 Å². The molecule has 0 saturated carbocycles. The molecule has 0 aliphatic carbocycles. The molecule has 1 aromatic heterocycles. The van der Waals surface area contributed by atoms with Crippen LogP contribution < -0.4 is 15.4 Å². The van der Waals surface area contributed by atoms with Crippen LogP contribution in [-0.4, -0.2) is 28.3 Å². The SMILES string of the molecule is CCOc1ccc(Nc2nncc(NCCc3ccccc3F)n2)cc1. The Morgan fingerprint density at radius 3 is 2.65 bits per heavy atom. The van der Waals surface area contributed by atoms with Gasteiger partial charge in [-0.2, -0.15) is 10.1 Å². The zero-order chi connectivity index (χ0) is 18.2. The Morgan fingerprint density at radius 2 is 1.88 bits per heavy atom. The normalized spacial score (nSPS) is 10.4. The maximum Gasteiger partial charge on any atom is 0.249 e. The molecule has 0 saturated heterocycles. The summed E-state index contributed by atoms with van der Waals surface area (Å²) in [6.45, 7) is 3.11. The Hall–Kier alpha value is -3.22. The van der Waals surface area contributed by atoms with Gasteiger partial charge in [0.1, 0.15) is 11.6 Å². The highest BCUT2D eigenvalue weighted by Crippen LogP contribution is 2.18. The van der Waals surface area contributed by atoms with Crippen LogP contribution in [0.15, 0.2) is 54.7 Å². The average Bonchev–Trinajstić information content (AvgIpc) is 2.66. The van der Waals surface area contributed by atoms with Crippen LogP contribution in [0.2, 0.25) is 0 Å². The molecule has 0 bridgehead atoms. The molecule has 3 aromatic rings. The van der Waals surface area contributed by atoms with E-state index in [0.717, 1.165) is 11.4 Å². The van der Waals surface area contributed by atoms with E-state index >= 15 is 0 Å². The van der Waals surface area contributed by atoms with Gasteiger partial charge in [-0.1, -0.05) is 18.2 Å². The summed E-state index contributed by atoms with van der Waals surface area (Å²) < 4.78 is 19.0. The molecule has 1 heterocycles. The first-order chi connectivity index (χ1) is 12.7. The van der Waals surface area contributed by atoms with E-state index in [-0.39, 0.29) is 5.82 Å². The van der Waals surface area contributed by atoms with Crippen molar-refractivity contribution in [1.82, 2.24) is 15.2 Å². The van der Waals surface area contributed by atoms with E-state index < -0.39 is 0 Å². The maximum atomic E-state index is 13.6. The molecule has 6 nitrogen and oxygen atoms in total. The van der Waals surface area contributed by atoms with Crippen molar-refractivity contribution in [2.45, 2.75) is 13.3 Å². The lowest BCUT2D eigenvalue weighted by Gasteiger charge is -2.09. The Bertz CT molecular complexity index is 841. The molecule has 3 rings (SSSR count). The number of aromatic nitrogens is 3. The van der Waals surface area contributed by atoms with Gasteiger partial charge in [0.15, 0.2) is 5.82 Å². The second-order valence-corrected chi connectivity index (χ2v) is 5.52. The minimum atomic E-state index is -0.201. The number of ether oxygens (including phenoxy) is 1. The highest BCUT2D eigenvalue weighted by molar-refractivity contribution is 5.55. The lowest BCUT2D eigenvalue weighted by molar-refractivity contribution is 0.340.